The van der Waals surface area contributed by atoms with E-state index >= 15 is 0 Å². The predicted octanol–water partition coefficient (Wildman–Crippen LogP) is 1.24. The molecule has 1 fully saturated rings. The molecule has 92 valence electrons. The van der Waals surface area contributed by atoms with E-state index in [2.05, 4.69) is 0 Å². The molecule has 0 aromatic heterocycles. The van der Waals surface area contributed by atoms with Gasteiger partial charge in [-0.25, -0.2) is 5.06 Å². The zero-order valence-corrected chi connectivity index (χ0v) is 10.2. The second kappa shape index (κ2) is 4.46. The fourth-order valence-corrected chi connectivity index (χ4v) is 2.88. The van der Waals surface area contributed by atoms with E-state index in [9.17, 15) is 13.2 Å². The number of amides is 1. The Morgan fingerprint density at radius 1 is 1.29 bits per heavy atom. The topological polar surface area (TPSA) is 63.7 Å². The van der Waals surface area contributed by atoms with Gasteiger partial charge >= 0.3 is 10.1 Å². The molecule has 0 saturated carbocycles. The van der Waals surface area contributed by atoms with E-state index in [1.165, 1.54) is 6.07 Å². The van der Waals surface area contributed by atoms with Crippen molar-refractivity contribution in [3.63, 3.8) is 0 Å². The molecule has 1 saturated heterocycles. The van der Waals surface area contributed by atoms with Gasteiger partial charge in [-0.1, -0.05) is 18.2 Å². The van der Waals surface area contributed by atoms with Crippen molar-refractivity contribution in [1.82, 2.24) is 5.06 Å². The fraction of sp³-hybridized carbons (Fsp3) is 0.364. The van der Waals surface area contributed by atoms with Crippen LogP contribution in [0, 0.1) is 6.92 Å². The SMILES string of the molecule is Cc1ccccc1S(=O)(=O)ON1CCCC1=O. The summed E-state index contributed by atoms with van der Waals surface area (Å²) in [6, 6.07) is 6.51. The summed E-state index contributed by atoms with van der Waals surface area (Å²) >= 11 is 0. The lowest BCUT2D eigenvalue weighted by Crippen LogP contribution is -2.28. The van der Waals surface area contributed by atoms with E-state index in [1.54, 1.807) is 25.1 Å². The zero-order chi connectivity index (χ0) is 12.5. The molecule has 6 heteroatoms. The molecule has 5 nitrogen and oxygen atoms in total. The molecule has 0 atom stereocenters. The van der Waals surface area contributed by atoms with Gasteiger partial charge in [0, 0.05) is 6.42 Å². The Morgan fingerprint density at radius 2 is 2.00 bits per heavy atom. The Kier molecular flexibility index (Phi) is 3.17. The summed E-state index contributed by atoms with van der Waals surface area (Å²) in [5.41, 5.74) is 0.596. The lowest BCUT2D eigenvalue weighted by molar-refractivity contribution is -0.149. The van der Waals surface area contributed by atoms with Crippen LogP contribution < -0.4 is 0 Å². The van der Waals surface area contributed by atoms with Gasteiger partial charge in [-0.3, -0.25) is 4.79 Å². The first-order valence-corrected chi connectivity index (χ1v) is 6.72. The second-order valence-electron chi connectivity index (χ2n) is 3.89. The maximum Gasteiger partial charge on any atom is 0.318 e. The highest BCUT2D eigenvalue weighted by Gasteiger charge is 2.28. The van der Waals surface area contributed by atoms with E-state index in [4.69, 9.17) is 4.28 Å². The van der Waals surface area contributed by atoms with Gasteiger partial charge < -0.3 is 0 Å². The van der Waals surface area contributed by atoms with Crippen molar-refractivity contribution in [3.05, 3.63) is 29.8 Å². The molecule has 1 heterocycles. The molecule has 1 aromatic carbocycles. The molecular weight excluding hydrogens is 242 g/mol. The highest BCUT2D eigenvalue weighted by atomic mass is 32.2. The van der Waals surface area contributed by atoms with Crippen LogP contribution in [0.25, 0.3) is 0 Å². The zero-order valence-electron chi connectivity index (χ0n) is 9.42. The van der Waals surface area contributed by atoms with Gasteiger partial charge in [0.25, 0.3) is 0 Å². The highest BCUT2D eigenvalue weighted by molar-refractivity contribution is 7.86. The first-order chi connectivity index (χ1) is 8.00. The average molecular weight is 255 g/mol. The summed E-state index contributed by atoms with van der Waals surface area (Å²) < 4.78 is 28.7. The minimum absolute atomic E-state index is 0.0969. The average Bonchev–Trinajstić information content (AvgIpc) is 2.64. The van der Waals surface area contributed by atoms with E-state index < -0.39 is 10.1 Å². The number of hydroxylamine groups is 2. The lowest BCUT2D eigenvalue weighted by Gasteiger charge is -2.15. The molecule has 2 rings (SSSR count). The Labute approximate surface area is 100 Å². The first kappa shape index (κ1) is 12.1. The number of hydrogen-bond donors (Lipinski definition) is 0. The Bertz CT molecular complexity index is 538. The van der Waals surface area contributed by atoms with Crippen molar-refractivity contribution in [1.29, 1.82) is 0 Å². The third-order valence-corrected chi connectivity index (χ3v) is 3.95. The summed E-state index contributed by atoms with van der Waals surface area (Å²) in [4.78, 5) is 11.4. The Hall–Kier alpha value is -1.40. The number of rotatable bonds is 3. The molecule has 0 spiro atoms. The number of benzene rings is 1. The molecule has 1 aliphatic rings. The van der Waals surface area contributed by atoms with Crippen LogP contribution in [0.2, 0.25) is 0 Å². The molecule has 1 aromatic rings. The maximum absolute atomic E-state index is 11.9. The largest absolute Gasteiger partial charge is 0.318 e. The van der Waals surface area contributed by atoms with Crippen molar-refractivity contribution < 1.29 is 17.5 Å². The van der Waals surface area contributed by atoms with Gasteiger partial charge in [-0.2, -0.15) is 8.42 Å². The van der Waals surface area contributed by atoms with Crippen LogP contribution >= 0.6 is 0 Å². The molecule has 17 heavy (non-hydrogen) atoms. The summed E-state index contributed by atoms with van der Waals surface area (Å²) in [6.45, 7) is 2.01. The van der Waals surface area contributed by atoms with Crippen molar-refractivity contribution in [2.45, 2.75) is 24.7 Å². The van der Waals surface area contributed by atoms with Crippen LogP contribution in [0.5, 0.6) is 0 Å². The van der Waals surface area contributed by atoms with Crippen molar-refractivity contribution in [2.75, 3.05) is 6.54 Å². The fourth-order valence-electron chi connectivity index (χ4n) is 1.70. The Morgan fingerprint density at radius 3 is 2.59 bits per heavy atom. The van der Waals surface area contributed by atoms with Crippen LogP contribution in [-0.4, -0.2) is 25.9 Å². The first-order valence-electron chi connectivity index (χ1n) is 5.31. The quantitative estimate of drug-likeness (QED) is 0.815. The van der Waals surface area contributed by atoms with Gasteiger partial charge in [0.15, 0.2) is 0 Å². The second-order valence-corrected chi connectivity index (χ2v) is 5.39. The van der Waals surface area contributed by atoms with Gasteiger partial charge in [-0.15, -0.1) is 4.28 Å². The van der Waals surface area contributed by atoms with Crippen LogP contribution in [0.3, 0.4) is 0 Å². The third-order valence-electron chi connectivity index (χ3n) is 2.58. The van der Waals surface area contributed by atoms with Crippen LogP contribution in [0.1, 0.15) is 18.4 Å². The standard InChI is InChI=1S/C11H13NO4S/c1-9-5-2-3-6-10(9)17(14,15)16-12-8-4-7-11(12)13/h2-3,5-6H,4,7-8H2,1H3. The number of nitrogens with zero attached hydrogens (tertiary/aromatic N) is 1. The van der Waals surface area contributed by atoms with E-state index in [0.717, 1.165) is 5.06 Å². The number of hydrogen-bond acceptors (Lipinski definition) is 4. The van der Waals surface area contributed by atoms with Crippen LogP contribution in [0.4, 0.5) is 0 Å². The number of carbonyl (C=O) groups excluding carboxylic acids is 1. The number of aryl methyl sites for hydroxylation is 1. The predicted molar refractivity (Wildman–Crippen MR) is 60.4 cm³/mol. The third kappa shape index (κ3) is 2.48. The highest BCUT2D eigenvalue weighted by Crippen LogP contribution is 2.20. The monoisotopic (exact) mass is 255 g/mol. The summed E-state index contributed by atoms with van der Waals surface area (Å²) in [5.74, 6) is -0.290. The molecule has 0 unspecified atom stereocenters. The molecule has 0 aliphatic carbocycles. The maximum atomic E-state index is 11.9. The summed E-state index contributed by atoms with van der Waals surface area (Å²) in [6.07, 6.45) is 0.964. The van der Waals surface area contributed by atoms with E-state index in [1.807, 2.05) is 0 Å². The number of carbonyl (C=O) groups is 1. The van der Waals surface area contributed by atoms with Crippen molar-refractivity contribution in [2.24, 2.45) is 0 Å². The Balaban J connectivity index is 2.25. The van der Waals surface area contributed by atoms with Crippen molar-refractivity contribution in [3.8, 4) is 0 Å². The lowest BCUT2D eigenvalue weighted by atomic mass is 10.2. The van der Waals surface area contributed by atoms with Crippen LogP contribution in [-0.2, 0) is 19.2 Å². The van der Waals surface area contributed by atoms with Crippen molar-refractivity contribution >= 4 is 16.0 Å². The van der Waals surface area contributed by atoms with Gasteiger partial charge in [0.2, 0.25) is 5.91 Å². The van der Waals surface area contributed by atoms with E-state index in [-0.39, 0.29) is 10.8 Å². The summed E-state index contributed by atoms with van der Waals surface area (Å²) in [5, 5.41) is 0.918. The molecule has 1 aliphatic heterocycles. The van der Waals surface area contributed by atoms with Gasteiger partial charge in [0.05, 0.1) is 11.4 Å². The normalized spacial score (nSPS) is 16.5. The smallest absolute Gasteiger partial charge is 0.273 e. The van der Waals surface area contributed by atoms with E-state index in [0.29, 0.717) is 24.9 Å². The molecule has 0 bridgehead atoms. The molecule has 1 amide bonds. The molecule has 0 N–H and O–H groups in total. The minimum atomic E-state index is -3.90. The molecular formula is C11H13NO4S. The van der Waals surface area contributed by atoms with Crippen LogP contribution in [0.15, 0.2) is 29.2 Å². The summed E-state index contributed by atoms with van der Waals surface area (Å²) in [7, 11) is -3.90. The van der Waals surface area contributed by atoms with Gasteiger partial charge in [-0.05, 0) is 25.0 Å². The molecule has 0 radical (unpaired) electrons. The minimum Gasteiger partial charge on any atom is -0.273 e. The van der Waals surface area contributed by atoms with Gasteiger partial charge in [0.1, 0.15) is 0 Å².